The number of aromatic amines is 1. The molecule has 0 radical (unpaired) electrons. The van der Waals surface area contributed by atoms with Gasteiger partial charge in [-0.1, -0.05) is 35.3 Å². The first-order valence-electron chi connectivity index (χ1n) is 7.30. The molecule has 0 aliphatic heterocycles. The van der Waals surface area contributed by atoms with Crippen LogP contribution in [-0.4, -0.2) is 17.6 Å². The van der Waals surface area contributed by atoms with Crippen molar-refractivity contribution in [3.63, 3.8) is 0 Å². The third kappa shape index (κ3) is 3.03. The van der Waals surface area contributed by atoms with E-state index in [-0.39, 0.29) is 12.2 Å². The molecule has 0 unspecified atom stereocenters. The molecule has 0 bridgehead atoms. The first kappa shape index (κ1) is 16.6. The number of ether oxygens (including phenoxy) is 1. The van der Waals surface area contributed by atoms with E-state index in [1.807, 2.05) is 0 Å². The molecule has 0 saturated carbocycles. The highest BCUT2D eigenvalue weighted by Crippen LogP contribution is 2.32. The van der Waals surface area contributed by atoms with E-state index < -0.39 is 11.5 Å². The van der Waals surface area contributed by atoms with Crippen molar-refractivity contribution in [2.45, 2.75) is 6.92 Å². The summed E-state index contributed by atoms with van der Waals surface area (Å²) in [5.41, 5.74) is 1.19. The van der Waals surface area contributed by atoms with Gasteiger partial charge in [-0.15, -0.1) is 0 Å². The fourth-order valence-corrected chi connectivity index (χ4v) is 2.88. The lowest BCUT2D eigenvalue weighted by Crippen LogP contribution is -2.21. The van der Waals surface area contributed by atoms with Gasteiger partial charge in [-0.25, -0.2) is 4.79 Å². The Balaban J connectivity index is 2.42. The predicted octanol–water partition coefficient (Wildman–Crippen LogP) is 4.68. The topological polar surface area (TPSA) is 59.2 Å². The van der Waals surface area contributed by atoms with Crippen LogP contribution in [-0.2, 0) is 4.74 Å². The molecule has 0 aliphatic carbocycles. The second-order valence-electron chi connectivity index (χ2n) is 5.12. The van der Waals surface area contributed by atoms with Crippen molar-refractivity contribution in [1.82, 2.24) is 4.98 Å². The fraction of sp³-hybridized carbons (Fsp3) is 0.111. The second-order valence-corrected chi connectivity index (χ2v) is 5.99. The molecule has 2 aromatic carbocycles. The van der Waals surface area contributed by atoms with Crippen LogP contribution in [0.1, 0.15) is 17.3 Å². The number of hydrogen-bond acceptors (Lipinski definition) is 3. The van der Waals surface area contributed by atoms with Crippen LogP contribution >= 0.6 is 23.2 Å². The Morgan fingerprint density at radius 1 is 1.08 bits per heavy atom. The number of carbonyl (C=O) groups excluding carboxylic acids is 1. The number of halogens is 2. The zero-order valence-electron chi connectivity index (χ0n) is 12.7. The Labute approximate surface area is 148 Å². The molecular formula is C18H13Cl2NO3. The van der Waals surface area contributed by atoms with Crippen molar-refractivity contribution < 1.29 is 9.53 Å². The molecule has 0 atom stereocenters. The van der Waals surface area contributed by atoms with Crippen LogP contribution in [0.4, 0.5) is 0 Å². The third-order valence-corrected chi connectivity index (χ3v) is 4.08. The minimum absolute atomic E-state index is 0.0473. The standard InChI is InChI=1S/C18H13Cl2NO3/c1-2-24-18(23)16-15(10-3-5-11(19)6-4-10)13-9-12(20)7-8-14(13)21-17(16)22/h3-9H,2H2,1H3,(H,21,22). The molecule has 1 aromatic heterocycles. The molecule has 4 nitrogen and oxygen atoms in total. The highest BCUT2D eigenvalue weighted by Gasteiger charge is 2.22. The molecule has 0 spiro atoms. The Hall–Kier alpha value is -2.30. The Kier molecular flexibility index (Phi) is 4.60. The number of fused-ring (bicyclic) bond motifs is 1. The van der Waals surface area contributed by atoms with Gasteiger partial charge in [0.05, 0.1) is 6.61 Å². The maximum atomic E-state index is 12.5. The number of benzene rings is 2. The van der Waals surface area contributed by atoms with E-state index in [1.165, 1.54) is 0 Å². The fourth-order valence-electron chi connectivity index (χ4n) is 2.58. The molecule has 1 heterocycles. The van der Waals surface area contributed by atoms with Gasteiger partial charge in [0.15, 0.2) is 0 Å². The highest BCUT2D eigenvalue weighted by atomic mass is 35.5. The summed E-state index contributed by atoms with van der Waals surface area (Å²) in [6, 6.07) is 12.0. The van der Waals surface area contributed by atoms with Crippen molar-refractivity contribution in [2.24, 2.45) is 0 Å². The van der Waals surface area contributed by atoms with Gasteiger partial charge in [0, 0.05) is 26.5 Å². The summed E-state index contributed by atoms with van der Waals surface area (Å²) < 4.78 is 5.06. The third-order valence-electron chi connectivity index (χ3n) is 3.59. The van der Waals surface area contributed by atoms with Crippen LogP contribution in [0.2, 0.25) is 10.0 Å². The van der Waals surface area contributed by atoms with Gasteiger partial charge in [-0.05, 0) is 42.8 Å². The molecule has 0 amide bonds. The summed E-state index contributed by atoms with van der Waals surface area (Å²) in [6.45, 7) is 1.86. The highest BCUT2D eigenvalue weighted by molar-refractivity contribution is 6.31. The minimum Gasteiger partial charge on any atom is -0.462 e. The normalized spacial score (nSPS) is 10.8. The number of aromatic nitrogens is 1. The summed E-state index contributed by atoms with van der Waals surface area (Å²) >= 11 is 12.1. The molecule has 1 N–H and O–H groups in total. The first-order chi connectivity index (χ1) is 11.5. The van der Waals surface area contributed by atoms with Crippen molar-refractivity contribution in [3.05, 3.63) is 68.4 Å². The molecule has 0 aliphatic rings. The lowest BCUT2D eigenvalue weighted by atomic mass is 9.96. The van der Waals surface area contributed by atoms with Crippen LogP contribution in [0.25, 0.3) is 22.0 Å². The molecule has 3 rings (SSSR count). The first-order valence-corrected chi connectivity index (χ1v) is 8.05. The monoisotopic (exact) mass is 361 g/mol. The Bertz CT molecular complexity index is 978. The van der Waals surface area contributed by atoms with Crippen molar-refractivity contribution in [1.29, 1.82) is 0 Å². The average Bonchev–Trinajstić information content (AvgIpc) is 2.55. The largest absolute Gasteiger partial charge is 0.462 e. The maximum Gasteiger partial charge on any atom is 0.344 e. The van der Waals surface area contributed by atoms with Gasteiger partial charge in [0.25, 0.3) is 5.56 Å². The molecular weight excluding hydrogens is 349 g/mol. The molecule has 3 aromatic rings. The number of esters is 1. The second kappa shape index (κ2) is 6.67. The quantitative estimate of drug-likeness (QED) is 0.689. The number of nitrogens with one attached hydrogen (secondary N) is 1. The number of rotatable bonds is 3. The van der Waals surface area contributed by atoms with E-state index in [4.69, 9.17) is 27.9 Å². The van der Waals surface area contributed by atoms with Gasteiger partial charge in [-0.2, -0.15) is 0 Å². The maximum absolute atomic E-state index is 12.5. The van der Waals surface area contributed by atoms with Crippen molar-refractivity contribution in [3.8, 4) is 11.1 Å². The number of H-pyrrole nitrogens is 1. The van der Waals surface area contributed by atoms with Crippen molar-refractivity contribution in [2.75, 3.05) is 6.61 Å². The number of pyridine rings is 1. The van der Waals surface area contributed by atoms with Crippen LogP contribution < -0.4 is 5.56 Å². The summed E-state index contributed by atoms with van der Waals surface area (Å²) in [6.07, 6.45) is 0. The summed E-state index contributed by atoms with van der Waals surface area (Å²) in [5, 5.41) is 1.72. The summed E-state index contributed by atoms with van der Waals surface area (Å²) in [7, 11) is 0. The van der Waals surface area contributed by atoms with E-state index in [0.29, 0.717) is 32.1 Å². The minimum atomic E-state index is -0.675. The predicted molar refractivity (Wildman–Crippen MR) is 96.0 cm³/mol. The van der Waals surface area contributed by atoms with Gasteiger partial charge in [0.2, 0.25) is 0 Å². The van der Waals surface area contributed by atoms with Crippen LogP contribution in [0.3, 0.4) is 0 Å². The van der Waals surface area contributed by atoms with E-state index in [0.717, 1.165) is 0 Å². The molecule has 24 heavy (non-hydrogen) atoms. The smallest absolute Gasteiger partial charge is 0.344 e. The average molecular weight is 362 g/mol. The SMILES string of the molecule is CCOC(=O)c1c(-c2ccc(Cl)cc2)c2cc(Cl)ccc2[nH]c1=O. The molecule has 6 heteroatoms. The molecule has 0 saturated heterocycles. The lowest BCUT2D eigenvalue weighted by Gasteiger charge is -2.12. The summed E-state index contributed by atoms with van der Waals surface area (Å²) in [5.74, 6) is -0.675. The van der Waals surface area contributed by atoms with E-state index >= 15 is 0 Å². The summed E-state index contributed by atoms with van der Waals surface area (Å²) in [4.78, 5) is 27.5. The molecule has 0 fully saturated rings. The van der Waals surface area contributed by atoms with E-state index in [1.54, 1.807) is 49.4 Å². The van der Waals surface area contributed by atoms with Crippen LogP contribution in [0.15, 0.2) is 47.3 Å². The van der Waals surface area contributed by atoms with Crippen LogP contribution in [0, 0.1) is 0 Å². The lowest BCUT2D eigenvalue weighted by molar-refractivity contribution is 0.0525. The van der Waals surface area contributed by atoms with Gasteiger partial charge in [-0.3, -0.25) is 4.79 Å². The Morgan fingerprint density at radius 2 is 1.75 bits per heavy atom. The van der Waals surface area contributed by atoms with Crippen LogP contribution in [0.5, 0.6) is 0 Å². The van der Waals surface area contributed by atoms with E-state index in [9.17, 15) is 9.59 Å². The van der Waals surface area contributed by atoms with Gasteiger partial charge >= 0.3 is 5.97 Å². The number of carbonyl (C=O) groups is 1. The van der Waals surface area contributed by atoms with Gasteiger partial charge in [0.1, 0.15) is 5.56 Å². The zero-order valence-corrected chi connectivity index (χ0v) is 14.2. The van der Waals surface area contributed by atoms with Crippen molar-refractivity contribution >= 4 is 40.1 Å². The van der Waals surface area contributed by atoms with Gasteiger partial charge < -0.3 is 9.72 Å². The zero-order chi connectivity index (χ0) is 17.3. The Morgan fingerprint density at radius 3 is 2.42 bits per heavy atom. The van der Waals surface area contributed by atoms with E-state index in [2.05, 4.69) is 4.98 Å². The molecule has 122 valence electrons. The number of hydrogen-bond donors (Lipinski definition) is 1.